The molecule has 0 spiro atoms. The van der Waals surface area contributed by atoms with E-state index < -0.39 is 0 Å². The summed E-state index contributed by atoms with van der Waals surface area (Å²) in [5.41, 5.74) is 0.985. The second-order valence-electron chi connectivity index (χ2n) is 3.19. The summed E-state index contributed by atoms with van der Waals surface area (Å²) in [5.74, 6) is 0.898. The van der Waals surface area contributed by atoms with Crippen molar-refractivity contribution in [3.63, 3.8) is 0 Å². The molecule has 0 aromatic carbocycles. The Hall–Kier alpha value is -1.42. The lowest BCUT2D eigenvalue weighted by molar-refractivity contribution is 0.965. The van der Waals surface area contributed by atoms with Crippen LogP contribution in [-0.4, -0.2) is 16.5 Å². The van der Waals surface area contributed by atoms with Gasteiger partial charge in [-0.15, -0.1) is 11.3 Å². The van der Waals surface area contributed by atoms with Crippen LogP contribution in [0.3, 0.4) is 0 Å². The number of aromatic nitrogens is 2. The summed E-state index contributed by atoms with van der Waals surface area (Å²) >= 11 is 1.69. The number of anilines is 1. The molecule has 0 fully saturated rings. The lowest BCUT2D eigenvalue weighted by Crippen LogP contribution is -2.02. The highest BCUT2D eigenvalue weighted by Gasteiger charge is 2.01. The molecule has 0 saturated heterocycles. The van der Waals surface area contributed by atoms with E-state index in [1.165, 1.54) is 4.88 Å². The average Bonchev–Trinajstić information content (AvgIpc) is 2.80. The molecule has 0 aliphatic heterocycles. The molecule has 0 radical (unpaired) electrons. The monoisotopic (exact) mass is 219 g/mol. The van der Waals surface area contributed by atoms with Crippen molar-refractivity contribution in [3.05, 3.63) is 29.9 Å². The first-order chi connectivity index (χ1) is 7.40. The number of hydrogen-bond acceptors (Lipinski definition) is 4. The molecule has 15 heavy (non-hydrogen) atoms. The molecule has 0 aliphatic carbocycles. The van der Waals surface area contributed by atoms with E-state index in [-0.39, 0.29) is 0 Å². The molecule has 0 aliphatic rings. The Bertz CT molecular complexity index is 412. The minimum atomic E-state index is 0.898. The van der Waals surface area contributed by atoms with Crippen molar-refractivity contribution in [2.75, 3.05) is 11.9 Å². The Balaban J connectivity index is 2.19. The van der Waals surface area contributed by atoms with Gasteiger partial charge in [-0.2, -0.15) is 0 Å². The van der Waals surface area contributed by atoms with Crippen LogP contribution in [0.25, 0.3) is 10.6 Å². The van der Waals surface area contributed by atoms with Crippen LogP contribution in [0.2, 0.25) is 0 Å². The molecule has 1 N–H and O–H groups in total. The van der Waals surface area contributed by atoms with Gasteiger partial charge in [-0.05, 0) is 17.9 Å². The standard InChI is InChI=1S/C11H13N3S/c1-2-5-12-11-7-9(13-8-14-11)10-4-3-6-15-10/h3-4,6-8H,2,5H2,1H3,(H,12,13,14). The van der Waals surface area contributed by atoms with Crippen LogP contribution in [-0.2, 0) is 0 Å². The third kappa shape index (κ3) is 2.53. The second-order valence-corrected chi connectivity index (χ2v) is 4.14. The molecular weight excluding hydrogens is 206 g/mol. The highest BCUT2D eigenvalue weighted by molar-refractivity contribution is 7.13. The van der Waals surface area contributed by atoms with Crippen LogP contribution in [0.5, 0.6) is 0 Å². The Kier molecular flexibility index (Phi) is 3.29. The van der Waals surface area contributed by atoms with Gasteiger partial charge in [-0.3, -0.25) is 0 Å². The summed E-state index contributed by atoms with van der Waals surface area (Å²) in [6, 6.07) is 6.08. The SMILES string of the molecule is CCCNc1cc(-c2cccs2)ncn1. The molecule has 78 valence electrons. The largest absolute Gasteiger partial charge is 0.370 e. The third-order valence-electron chi connectivity index (χ3n) is 2.00. The fourth-order valence-electron chi connectivity index (χ4n) is 1.27. The minimum Gasteiger partial charge on any atom is -0.370 e. The lowest BCUT2D eigenvalue weighted by Gasteiger charge is -2.03. The van der Waals surface area contributed by atoms with Gasteiger partial charge in [0, 0.05) is 12.6 Å². The third-order valence-corrected chi connectivity index (χ3v) is 2.89. The second kappa shape index (κ2) is 4.89. The van der Waals surface area contributed by atoms with Crippen molar-refractivity contribution in [1.29, 1.82) is 0 Å². The maximum Gasteiger partial charge on any atom is 0.129 e. The van der Waals surface area contributed by atoms with E-state index in [1.807, 2.05) is 12.1 Å². The Morgan fingerprint density at radius 3 is 3.07 bits per heavy atom. The van der Waals surface area contributed by atoms with E-state index in [1.54, 1.807) is 17.7 Å². The Labute approximate surface area is 93.2 Å². The van der Waals surface area contributed by atoms with Gasteiger partial charge in [-0.25, -0.2) is 9.97 Å². The number of rotatable bonds is 4. The number of hydrogen-bond donors (Lipinski definition) is 1. The molecule has 0 saturated carbocycles. The zero-order valence-electron chi connectivity index (χ0n) is 8.60. The minimum absolute atomic E-state index is 0.898. The van der Waals surface area contributed by atoms with Gasteiger partial charge in [0.15, 0.2) is 0 Å². The molecule has 2 rings (SSSR count). The molecular formula is C11H13N3S. The van der Waals surface area contributed by atoms with Gasteiger partial charge in [0.1, 0.15) is 12.1 Å². The normalized spacial score (nSPS) is 10.2. The summed E-state index contributed by atoms with van der Waals surface area (Å²) < 4.78 is 0. The van der Waals surface area contributed by atoms with Gasteiger partial charge in [0.25, 0.3) is 0 Å². The van der Waals surface area contributed by atoms with Gasteiger partial charge in [0.05, 0.1) is 10.6 Å². The van der Waals surface area contributed by atoms with Crippen LogP contribution < -0.4 is 5.32 Å². The van der Waals surface area contributed by atoms with Gasteiger partial charge in [0.2, 0.25) is 0 Å². The predicted octanol–water partition coefficient (Wildman–Crippen LogP) is 3.03. The molecule has 2 heterocycles. The molecule has 0 bridgehead atoms. The first-order valence-electron chi connectivity index (χ1n) is 5.00. The molecule has 0 atom stereocenters. The Morgan fingerprint density at radius 2 is 2.33 bits per heavy atom. The van der Waals surface area contributed by atoms with E-state index in [9.17, 15) is 0 Å². The smallest absolute Gasteiger partial charge is 0.129 e. The maximum atomic E-state index is 4.25. The summed E-state index contributed by atoms with van der Waals surface area (Å²) in [7, 11) is 0. The van der Waals surface area contributed by atoms with Crippen LogP contribution >= 0.6 is 11.3 Å². The van der Waals surface area contributed by atoms with Crippen molar-refractivity contribution < 1.29 is 0 Å². The van der Waals surface area contributed by atoms with Gasteiger partial charge < -0.3 is 5.32 Å². The van der Waals surface area contributed by atoms with Crippen molar-refractivity contribution in [2.24, 2.45) is 0 Å². The van der Waals surface area contributed by atoms with E-state index in [0.29, 0.717) is 0 Å². The summed E-state index contributed by atoms with van der Waals surface area (Å²) in [6.07, 6.45) is 2.70. The molecule has 0 amide bonds. The molecule has 2 aromatic rings. The van der Waals surface area contributed by atoms with E-state index >= 15 is 0 Å². The van der Waals surface area contributed by atoms with Crippen molar-refractivity contribution in [3.8, 4) is 10.6 Å². The topological polar surface area (TPSA) is 37.8 Å². The lowest BCUT2D eigenvalue weighted by atomic mass is 10.3. The van der Waals surface area contributed by atoms with E-state index in [2.05, 4.69) is 33.7 Å². The van der Waals surface area contributed by atoms with Crippen molar-refractivity contribution in [1.82, 2.24) is 9.97 Å². The van der Waals surface area contributed by atoms with Gasteiger partial charge >= 0.3 is 0 Å². The number of nitrogens with one attached hydrogen (secondary N) is 1. The molecule has 4 heteroatoms. The van der Waals surface area contributed by atoms with Crippen LogP contribution in [0.4, 0.5) is 5.82 Å². The fraction of sp³-hybridized carbons (Fsp3) is 0.273. The highest BCUT2D eigenvalue weighted by Crippen LogP contribution is 2.23. The van der Waals surface area contributed by atoms with Crippen LogP contribution in [0.1, 0.15) is 13.3 Å². The summed E-state index contributed by atoms with van der Waals surface area (Å²) in [5, 5.41) is 5.30. The predicted molar refractivity (Wildman–Crippen MR) is 64.1 cm³/mol. The summed E-state index contributed by atoms with van der Waals surface area (Å²) in [6.45, 7) is 3.08. The zero-order chi connectivity index (χ0) is 10.5. The number of nitrogens with zero attached hydrogens (tertiary/aromatic N) is 2. The van der Waals surface area contributed by atoms with Crippen molar-refractivity contribution >= 4 is 17.2 Å². The summed E-state index contributed by atoms with van der Waals surface area (Å²) in [4.78, 5) is 9.60. The van der Waals surface area contributed by atoms with Crippen molar-refractivity contribution in [2.45, 2.75) is 13.3 Å². The fourth-order valence-corrected chi connectivity index (χ4v) is 1.96. The number of thiophene rings is 1. The van der Waals surface area contributed by atoms with E-state index in [0.717, 1.165) is 24.5 Å². The molecule has 0 unspecified atom stereocenters. The maximum absolute atomic E-state index is 4.25. The molecule has 2 aromatic heterocycles. The molecule has 3 nitrogen and oxygen atoms in total. The zero-order valence-corrected chi connectivity index (χ0v) is 9.42. The van der Waals surface area contributed by atoms with Gasteiger partial charge in [-0.1, -0.05) is 13.0 Å². The van der Waals surface area contributed by atoms with Crippen LogP contribution in [0.15, 0.2) is 29.9 Å². The highest BCUT2D eigenvalue weighted by atomic mass is 32.1. The van der Waals surface area contributed by atoms with E-state index in [4.69, 9.17) is 0 Å². The average molecular weight is 219 g/mol. The quantitative estimate of drug-likeness (QED) is 0.859. The Morgan fingerprint density at radius 1 is 1.40 bits per heavy atom. The first-order valence-corrected chi connectivity index (χ1v) is 5.88. The first kappa shape index (κ1) is 10.1. The van der Waals surface area contributed by atoms with Crippen LogP contribution in [0, 0.1) is 0 Å².